The van der Waals surface area contributed by atoms with Gasteiger partial charge in [-0.25, -0.2) is 14.5 Å². The van der Waals surface area contributed by atoms with Crippen LogP contribution in [0.2, 0.25) is 0 Å². The molecule has 0 fully saturated rings. The molecule has 1 aromatic carbocycles. The Hall–Kier alpha value is -2.47. The monoisotopic (exact) mass is 269 g/mol. The Morgan fingerprint density at radius 3 is 2.70 bits per heavy atom. The van der Waals surface area contributed by atoms with Crippen LogP contribution < -0.4 is 11.3 Å². The number of benzene rings is 1. The van der Waals surface area contributed by atoms with Crippen LogP contribution in [-0.4, -0.2) is 19.6 Å². The van der Waals surface area contributed by atoms with Gasteiger partial charge in [0.1, 0.15) is 0 Å². The first-order valence-electron chi connectivity index (χ1n) is 6.49. The van der Waals surface area contributed by atoms with E-state index in [1.165, 1.54) is 16.0 Å². The van der Waals surface area contributed by atoms with E-state index in [9.17, 15) is 4.79 Å². The highest BCUT2D eigenvalue weighted by Gasteiger charge is 2.09. The van der Waals surface area contributed by atoms with Gasteiger partial charge in [0.15, 0.2) is 5.82 Å². The van der Waals surface area contributed by atoms with E-state index in [-0.39, 0.29) is 12.1 Å². The minimum Gasteiger partial charge on any atom is -0.324 e. The molecule has 0 atom stereocenters. The average Bonchev–Trinajstić information content (AvgIpc) is 2.91. The normalized spacial score (nSPS) is 11.1. The van der Waals surface area contributed by atoms with E-state index in [4.69, 9.17) is 5.73 Å². The lowest BCUT2D eigenvalue weighted by atomic mass is 10.1. The second-order valence-electron chi connectivity index (χ2n) is 4.53. The summed E-state index contributed by atoms with van der Waals surface area (Å²) in [6.07, 6.45) is 0.982. The molecule has 2 heterocycles. The number of nitrogens with one attached hydrogen (secondary N) is 1. The number of nitrogens with zero attached hydrogens (tertiary/aromatic N) is 3. The van der Waals surface area contributed by atoms with Crippen molar-refractivity contribution in [3.8, 4) is 11.3 Å². The van der Waals surface area contributed by atoms with Gasteiger partial charge in [-0.05, 0) is 12.0 Å². The highest BCUT2D eigenvalue weighted by molar-refractivity contribution is 5.60. The van der Waals surface area contributed by atoms with Crippen molar-refractivity contribution >= 4 is 5.78 Å². The largest absolute Gasteiger partial charge is 0.324 e. The highest BCUT2D eigenvalue weighted by atomic mass is 16.1. The average molecular weight is 269 g/mol. The number of H-pyrrole nitrogens is 1. The molecule has 0 amide bonds. The van der Waals surface area contributed by atoms with E-state index in [0.717, 1.165) is 12.0 Å². The number of nitrogens with two attached hydrogens (primary N) is 1. The van der Waals surface area contributed by atoms with E-state index in [1.54, 1.807) is 0 Å². The smallest absolute Gasteiger partial charge is 0.261 e. The Bertz CT molecular complexity index is 801. The van der Waals surface area contributed by atoms with Crippen molar-refractivity contribution in [3.05, 3.63) is 52.1 Å². The topological polar surface area (TPSA) is 89.1 Å². The molecule has 3 aromatic rings. The molecular formula is C14H15N5O. The Morgan fingerprint density at radius 2 is 2.05 bits per heavy atom. The molecule has 0 aliphatic carbocycles. The number of aromatic nitrogens is 4. The van der Waals surface area contributed by atoms with Crippen LogP contribution in [-0.2, 0) is 13.0 Å². The van der Waals surface area contributed by atoms with Crippen LogP contribution in [0.5, 0.6) is 0 Å². The molecule has 0 saturated heterocycles. The maximum Gasteiger partial charge on any atom is 0.261 e. The summed E-state index contributed by atoms with van der Waals surface area (Å²) in [5.41, 5.74) is 8.14. The van der Waals surface area contributed by atoms with Gasteiger partial charge in [-0.3, -0.25) is 4.79 Å². The van der Waals surface area contributed by atoms with Crippen LogP contribution >= 0.6 is 0 Å². The molecule has 0 aliphatic heterocycles. The predicted octanol–water partition coefficient (Wildman–Crippen LogP) is 1.11. The first-order valence-corrected chi connectivity index (χ1v) is 6.49. The van der Waals surface area contributed by atoms with Crippen molar-refractivity contribution in [1.29, 1.82) is 0 Å². The lowest BCUT2D eigenvalue weighted by Crippen LogP contribution is -2.17. The fourth-order valence-corrected chi connectivity index (χ4v) is 2.17. The number of aromatic amines is 1. The quantitative estimate of drug-likeness (QED) is 0.745. The summed E-state index contributed by atoms with van der Waals surface area (Å²) in [5.74, 6) is 0.887. The third-order valence-corrected chi connectivity index (χ3v) is 3.30. The summed E-state index contributed by atoms with van der Waals surface area (Å²) < 4.78 is 1.39. The van der Waals surface area contributed by atoms with Crippen LogP contribution in [0.25, 0.3) is 17.0 Å². The van der Waals surface area contributed by atoms with E-state index >= 15 is 0 Å². The Kier molecular flexibility index (Phi) is 3.08. The molecule has 102 valence electrons. The van der Waals surface area contributed by atoms with Crippen LogP contribution in [0.15, 0.2) is 35.1 Å². The first-order chi connectivity index (χ1) is 9.72. The van der Waals surface area contributed by atoms with Gasteiger partial charge in [0.2, 0.25) is 5.78 Å². The third-order valence-electron chi connectivity index (χ3n) is 3.30. The molecule has 2 aromatic heterocycles. The SMILES string of the molecule is CCc1ccc(-c2cc(=O)n3c(CN)n[nH]c3n2)cc1. The van der Waals surface area contributed by atoms with Crippen molar-refractivity contribution < 1.29 is 0 Å². The maximum absolute atomic E-state index is 12.1. The number of rotatable bonds is 3. The zero-order chi connectivity index (χ0) is 14.1. The molecule has 0 saturated carbocycles. The van der Waals surface area contributed by atoms with E-state index in [0.29, 0.717) is 17.3 Å². The second kappa shape index (κ2) is 4.90. The van der Waals surface area contributed by atoms with Crippen molar-refractivity contribution in [3.63, 3.8) is 0 Å². The third kappa shape index (κ3) is 2.00. The minimum atomic E-state index is -0.182. The van der Waals surface area contributed by atoms with Gasteiger partial charge in [-0.15, -0.1) is 0 Å². The summed E-state index contributed by atoms with van der Waals surface area (Å²) >= 11 is 0. The lowest BCUT2D eigenvalue weighted by Gasteiger charge is -2.03. The van der Waals surface area contributed by atoms with Gasteiger partial charge in [0.25, 0.3) is 5.56 Å². The zero-order valence-corrected chi connectivity index (χ0v) is 11.1. The standard InChI is InChI=1S/C14H15N5O/c1-2-9-3-5-10(6-4-9)11-7-13(20)19-12(8-15)17-18-14(19)16-11/h3-7H,2,8,15H2,1H3,(H,16,18). The van der Waals surface area contributed by atoms with Crippen LogP contribution in [0.1, 0.15) is 18.3 Å². The highest BCUT2D eigenvalue weighted by Crippen LogP contribution is 2.17. The molecule has 0 radical (unpaired) electrons. The fraction of sp³-hybridized carbons (Fsp3) is 0.214. The summed E-state index contributed by atoms with van der Waals surface area (Å²) in [5, 5.41) is 6.72. The molecule has 0 bridgehead atoms. The molecule has 6 nitrogen and oxygen atoms in total. The van der Waals surface area contributed by atoms with Gasteiger partial charge in [-0.1, -0.05) is 31.2 Å². The summed E-state index contributed by atoms with van der Waals surface area (Å²) in [7, 11) is 0. The molecule has 0 unspecified atom stereocenters. The summed E-state index contributed by atoms with van der Waals surface area (Å²) in [4.78, 5) is 16.6. The van der Waals surface area contributed by atoms with E-state index < -0.39 is 0 Å². The van der Waals surface area contributed by atoms with Crippen molar-refractivity contribution in [2.75, 3.05) is 0 Å². The molecule has 20 heavy (non-hydrogen) atoms. The Balaban J connectivity index is 2.14. The molecule has 0 aliphatic rings. The number of fused-ring (bicyclic) bond motifs is 1. The molecule has 3 rings (SSSR count). The number of hydrogen-bond donors (Lipinski definition) is 2. The van der Waals surface area contributed by atoms with Crippen LogP contribution in [0.4, 0.5) is 0 Å². The van der Waals surface area contributed by atoms with Gasteiger partial charge >= 0.3 is 0 Å². The maximum atomic E-state index is 12.1. The van der Waals surface area contributed by atoms with Crippen LogP contribution in [0, 0.1) is 0 Å². The van der Waals surface area contributed by atoms with Gasteiger partial charge < -0.3 is 5.73 Å². The number of aryl methyl sites for hydroxylation is 1. The Labute approximate surface area is 115 Å². The van der Waals surface area contributed by atoms with Crippen LogP contribution in [0.3, 0.4) is 0 Å². The fourth-order valence-electron chi connectivity index (χ4n) is 2.17. The second-order valence-corrected chi connectivity index (χ2v) is 4.53. The molecular weight excluding hydrogens is 254 g/mol. The summed E-state index contributed by atoms with van der Waals surface area (Å²) in [6, 6.07) is 9.52. The van der Waals surface area contributed by atoms with E-state index in [1.807, 2.05) is 24.3 Å². The summed E-state index contributed by atoms with van der Waals surface area (Å²) in [6.45, 7) is 2.29. The van der Waals surface area contributed by atoms with Gasteiger partial charge in [-0.2, -0.15) is 5.10 Å². The molecule has 3 N–H and O–H groups in total. The van der Waals surface area contributed by atoms with Gasteiger partial charge in [0, 0.05) is 11.6 Å². The molecule has 6 heteroatoms. The zero-order valence-electron chi connectivity index (χ0n) is 11.1. The van der Waals surface area contributed by atoms with Crippen molar-refractivity contribution in [2.24, 2.45) is 5.73 Å². The predicted molar refractivity (Wildman–Crippen MR) is 76.3 cm³/mol. The number of hydrogen-bond acceptors (Lipinski definition) is 4. The Morgan fingerprint density at radius 1 is 1.30 bits per heavy atom. The molecule has 0 spiro atoms. The first kappa shape index (κ1) is 12.6. The van der Waals surface area contributed by atoms with Crippen molar-refractivity contribution in [1.82, 2.24) is 19.6 Å². The van der Waals surface area contributed by atoms with Gasteiger partial charge in [0.05, 0.1) is 12.2 Å². The van der Waals surface area contributed by atoms with E-state index in [2.05, 4.69) is 22.1 Å². The van der Waals surface area contributed by atoms with Crippen molar-refractivity contribution in [2.45, 2.75) is 19.9 Å². The minimum absolute atomic E-state index is 0.182. The lowest BCUT2D eigenvalue weighted by molar-refractivity contribution is 0.867.